The number of hydrogen-bond acceptors (Lipinski definition) is 5. The standard InChI is InChI=1S/C20H25N3O4S2/c1-14(2)19(24)21-15-6-8-16(9-7-15)22-20(25)18-17(10-13-28-18)29(26,27)23-11-4-3-5-12-23/h6-10,13-14H,3-5,11-12H2,1-2H3,(H,21,24)(H,22,25). The van der Waals surface area contributed by atoms with Crippen molar-refractivity contribution in [3.63, 3.8) is 0 Å². The van der Waals surface area contributed by atoms with Gasteiger partial charge < -0.3 is 10.6 Å². The average Bonchev–Trinajstić information content (AvgIpc) is 3.21. The van der Waals surface area contributed by atoms with Crippen molar-refractivity contribution >= 4 is 44.5 Å². The van der Waals surface area contributed by atoms with Crippen LogP contribution in [0.3, 0.4) is 0 Å². The van der Waals surface area contributed by atoms with Gasteiger partial charge in [-0.1, -0.05) is 20.3 Å². The zero-order chi connectivity index (χ0) is 21.0. The van der Waals surface area contributed by atoms with Crippen LogP contribution in [-0.2, 0) is 14.8 Å². The summed E-state index contributed by atoms with van der Waals surface area (Å²) in [5.41, 5.74) is 1.15. The number of amides is 2. The smallest absolute Gasteiger partial charge is 0.267 e. The highest BCUT2D eigenvalue weighted by atomic mass is 32.2. The van der Waals surface area contributed by atoms with Gasteiger partial charge in [0.1, 0.15) is 9.77 Å². The summed E-state index contributed by atoms with van der Waals surface area (Å²) in [6.45, 7) is 4.59. The van der Waals surface area contributed by atoms with Crippen LogP contribution >= 0.6 is 11.3 Å². The van der Waals surface area contributed by atoms with Gasteiger partial charge in [0.15, 0.2) is 0 Å². The molecule has 156 valence electrons. The number of benzene rings is 1. The summed E-state index contributed by atoms with van der Waals surface area (Å²) < 4.78 is 27.3. The molecule has 0 unspecified atom stereocenters. The quantitative estimate of drug-likeness (QED) is 0.722. The lowest BCUT2D eigenvalue weighted by Gasteiger charge is -2.25. The predicted molar refractivity (Wildman–Crippen MR) is 115 cm³/mol. The first kappa shape index (κ1) is 21.5. The van der Waals surface area contributed by atoms with Gasteiger partial charge in [-0.25, -0.2) is 8.42 Å². The maximum atomic E-state index is 12.9. The first-order valence-electron chi connectivity index (χ1n) is 9.59. The number of sulfonamides is 1. The molecule has 3 rings (SSSR count). The van der Waals surface area contributed by atoms with Crippen molar-refractivity contribution in [1.82, 2.24) is 4.31 Å². The average molecular weight is 436 g/mol. The fourth-order valence-electron chi connectivity index (χ4n) is 3.02. The van der Waals surface area contributed by atoms with Gasteiger partial charge in [-0.2, -0.15) is 4.31 Å². The maximum absolute atomic E-state index is 12.9. The minimum absolute atomic E-state index is 0.0581. The maximum Gasteiger partial charge on any atom is 0.267 e. The molecule has 0 aliphatic carbocycles. The molecule has 1 aromatic carbocycles. The van der Waals surface area contributed by atoms with Gasteiger partial charge in [0.2, 0.25) is 15.9 Å². The number of nitrogens with zero attached hydrogens (tertiary/aromatic N) is 1. The fraction of sp³-hybridized carbons (Fsp3) is 0.400. The molecular formula is C20H25N3O4S2. The molecule has 7 nitrogen and oxygen atoms in total. The minimum Gasteiger partial charge on any atom is -0.326 e. The number of hydrogen-bond donors (Lipinski definition) is 2. The van der Waals surface area contributed by atoms with E-state index in [2.05, 4.69) is 10.6 Å². The third-order valence-corrected chi connectivity index (χ3v) is 7.69. The lowest BCUT2D eigenvalue weighted by molar-refractivity contribution is -0.118. The topological polar surface area (TPSA) is 95.6 Å². The van der Waals surface area contributed by atoms with E-state index in [1.54, 1.807) is 43.5 Å². The zero-order valence-electron chi connectivity index (χ0n) is 16.5. The van der Waals surface area contributed by atoms with Gasteiger partial charge in [0, 0.05) is 30.4 Å². The molecule has 1 aliphatic rings. The Morgan fingerprint density at radius 2 is 1.55 bits per heavy atom. The van der Waals surface area contributed by atoms with E-state index in [0.717, 1.165) is 30.6 Å². The van der Waals surface area contributed by atoms with Crippen LogP contribution in [0.1, 0.15) is 42.8 Å². The molecule has 0 saturated carbocycles. The lowest BCUT2D eigenvalue weighted by Crippen LogP contribution is -2.36. The second-order valence-corrected chi connectivity index (χ2v) is 10.1. The minimum atomic E-state index is -3.68. The summed E-state index contributed by atoms with van der Waals surface area (Å²) in [5.74, 6) is -0.684. The molecule has 1 aliphatic heterocycles. The number of rotatable bonds is 6. The number of nitrogens with one attached hydrogen (secondary N) is 2. The Hall–Kier alpha value is -2.23. The first-order chi connectivity index (χ1) is 13.8. The third-order valence-electron chi connectivity index (χ3n) is 4.70. The molecule has 29 heavy (non-hydrogen) atoms. The second-order valence-electron chi connectivity index (χ2n) is 7.25. The van der Waals surface area contributed by atoms with Gasteiger partial charge in [-0.3, -0.25) is 9.59 Å². The van der Waals surface area contributed by atoms with Crippen LogP contribution in [0.4, 0.5) is 11.4 Å². The molecule has 0 radical (unpaired) electrons. The molecular weight excluding hydrogens is 410 g/mol. The Morgan fingerprint density at radius 3 is 2.14 bits per heavy atom. The zero-order valence-corrected chi connectivity index (χ0v) is 18.1. The highest BCUT2D eigenvalue weighted by Crippen LogP contribution is 2.28. The van der Waals surface area contributed by atoms with E-state index in [0.29, 0.717) is 24.5 Å². The fourth-order valence-corrected chi connectivity index (χ4v) is 5.83. The first-order valence-corrected chi connectivity index (χ1v) is 11.9. The largest absolute Gasteiger partial charge is 0.326 e. The number of anilines is 2. The molecule has 1 saturated heterocycles. The van der Waals surface area contributed by atoms with Crippen molar-refractivity contribution in [2.45, 2.75) is 38.0 Å². The van der Waals surface area contributed by atoms with Crippen molar-refractivity contribution in [1.29, 1.82) is 0 Å². The Kier molecular flexibility index (Phi) is 6.71. The highest BCUT2D eigenvalue weighted by Gasteiger charge is 2.31. The number of carbonyl (C=O) groups excluding carboxylic acids is 2. The van der Waals surface area contributed by atoms with E-state index >= 15 is 0 Å². The molecule has 0 bridgehead atoms. The van der Waals surface area contributed by atoms with Gasteiger partial charge in [-0.15, -0.1) is 11.3 Å². The van der Waals surface area contributed by atoms with Crippen LogP contribution in [0.25, 0.3) is 0 Å². The molecule has 0 atom stereocenters. The summed E-state index contributed by atoms with van der Waals surface area (Å²) >= 11 is 1.11. The van der Waals surface area contributed by atoms with Gasteiger partial charge in [0.25, 0.3) is 5.91 Å². The summed E-state index contributed by atoms with van der Waals surface area (Å²) in [5, 5.41) is 7.14. The van der Waals surface area contributed by atoms with Crippen LogP contribution in [0.2, 0.25) is 0 Å². The van der Waals surface area contributed by atoms with Gasteiger partial charge in [-0.05, 0) is 48.6 Å². The van der Waals surface area contributed by atoms with Crippen molar-refractivity contribution < 1.29 is 18.0 Å². The van der Waals surface area contributed by atoms with Gasteiger partial charge in [0.05, 0.1) is 0 Å². The summed E-state index contributed by atoms with van der Waals surface area (Å²) in [6, 6.07) is 8.21. The van der Waals surface area contributed by atoms with E-state index in [1.807, 2.05) is 0 Å². The van der Waals surface area contributed by atoms with Crippen LogP contribution in [0, 0.1) is 5.92 Å². The Labute approximate surface area is 175 Å². The molecule has 2 aromatic rings. The molecule has 2 heterocycles. The number of thiophene rings is 1. The molecule has 9 heteroatoms. The van der Waals surface area contributed by atoms with Crippen LogP contribution in [0.5, 0.6) is 0 Å². The van der Waals surface area contributed by atoms with Crippen LogP contribution in [-0.4, -0.2) is 37.6 Å². The van der Waals surface area contributed by atoms with E-state index < -0.39 is 15.9 Å². The van der Waals surface area contributed by atoms with Crippen LogP contribution in [0.15, 0.2) is 40.6 Å². The Morgan fingerprint density at radius 1 is 0.966 bits per heavy atom. The monoisotopic (exact) mass is 435 g/mol. The van der Waals surface area contributed by atoms with E-state index in [4.69, 9.17) is 0 Å². The second kappa shape index (κ2) is 9.06. The number of piperidine rings is 1. The van der Waals surface area contributed by atoms with Crippen molar-refractivity contribution in [2.75, 3.05) is 23.7 Å². The molecule has 0 spiro atoms. The Bertz CT molecular complexity index is 975. The van der Waals surface area contributed by atoms with Gasteiger partial charge >= 0.3 is 0 Å². The predicted octanol–water partition coefficient (Wildman–Crippen LogP) is 3.77. The SMILES string of the molecule is CC(C)C(=O)Nc1ccc(NC(=O)c2sccc2S(=O)(=O)N2CCCCC2)cc1. The van der Waals surface area contributed by atoms with Crippen molar-refractivity contribution in [3.8, 4) is 0 Å². The molecule has 1 aromatic heterocycles. The molecule has 1 fully saturated rings. The summed E-state index contributed by atoms with van der Waals surface area (Å²) in [4.78, 5) is 24.7. The summed E-state index contributed by atoms with van der Waals surface area (Å²) in [7, 11) is -3.68. The lowest BCUT2D eigenvalue weighted by atomic mass is 10.2. The highest BCUT2D eigenvalue weighted by molar-refractivity contribution is 7.89. The van der Waals surface area contributed by atoms with Crippen LogP contribution < -0.4 is 10.6 Å². The van der Waals surface area contributed by atoms with Crippen molar-refractivity contribution in [3.05, 3.63) is 40.6 Å². The molecule has 2 amide bonds. The van der Waals surface area contributed by atoms with E-state index in [9.17, 15) is 18.0 Å². The Balaban J connectivity index is 1.72. The number of carbonyl (C=O) groups is 2. The van der Waals surface area contributed by atoms with Crippen molar-refractivity contribution in [2.24, 2.45) is 5.92 Å². The normalized spacial score (nSPS) is 15.3. The summed E-state index contributed by atoms with van der Waals surface area (Å²) in [6.07, 6.45) is 2.70. The van der Waals surface area contributed by atoms with E-state index in [-0.39, 0.29) is 21.6 Å². The molecule has 2 N–H and O–H groups in total. The third kappa shape index (κ3) is 5.04. The van der Waals surface area contributed by atoms with E-state index in [1.165, 1.54) is 10.4 Å².